The first kappa shape index (κ1) is 10.6. The topological polar surface area (TPSA) is 80.9 Å². The van der Waals surface area contributed by atoms with Crippen LogP contribution in [0.2, 0.25) is 0 Å². The van der Waals surface area contributed by atoms with E-state index < -0.39 is 5.97 Å². The lowest BCUT2D eigenvalue weighted by atomic mass is 10.2. The molecule has 0 radical (unpaired) electrons. The number of tetrazole rings is 1. The molecule has 0 saturated heterocycles. The van der Waals surface area contributed by atoms with Crippen LogP contribution in [-0.4, -0.2) is 31.3 Å². The van der Waals surface area contributed by atoms with Gasteiger partial charge in [-0.05, 0) is 40.4 Å². The van der Waals surface area contributed by atoms with Crippen LogP contribution in [0.15, 0.2) is 34.3 Å². The van der Waals surface area contributed by atoms with Gasteiger partial charge in [-0.25, -0.2) is 9.48 Å². The molecule has 1 aromatic carbocycles. The van der Waals surface area contributed by atoms with Crippen LogP contribution in [0, 0.1) is 0 Å². The fraction of sp³-hybridized carbons (Fsp3) is 0.111. The summed E-state index contributed by atoms with van der Waals surface area (Å²) in [6.45, 7) is 0. The molecule has 82 valence electrons. The summed E-state index contributed by atoms with van der Waals surface area (Å²) in [5.74, 6) is -0.946. The van der Waals surface area contributed by atoms with E-state index in [2.05, 4.69) is 15.5 Å². The van der Waals surface area contributed by atoms with Gasteiger partial charge in [0.25, 0.3) is 0 Å². The summed E-state index contributed by atoms with van der Waals surface area (Å²) in [5, 5.41) is 20.4. The summed E-state index contributed by atoms with van der Waals surface area (Å²) < 4.78 is 1.53. The maximum atomic E-state index is 10.8. The second-order valence-electron chi connectivity index (χ2n) is 3.02. The number of carbonyl (C=O) groups is 1. The Bertz CT molecular complexity index is 526. The molecular weight excluding hydrogens is 228 g/mol. The zero-order chi connectivity index (χ0) is 11.5. The zero-order valence-electron chi connectivity index (χ0n) is 8.36. The Morgan fingerprint density at radius 2 is 2.31 bits per heavy atom. The number of nitrogens with zero attached hydrogens (tertiary/aromatic N) is 4. The molecular formula is C9H8N4O2S. The van der Waals surface area contributed by atoms with E-state index in [1.54, 1.807) is 25.2 Å². The van der Waals surface area contributed by atoms with Crippen LogP contribution in [0.25, 0.3) is 0 Å². The Labute approximate surface area is 95.3 Å². The lowest BCUT2D eigenvalue weighted by Gasteiger charge is -2.00. The van der Waals surface area contributed by atoms with E-state index in [1.165, 1.54) is 16.4 Å². The van der Waals surface area contributed by atoms with Crippen LogP contribution in [-0.2, 0) is 7.05 Å². The van der Waals surface area contributed by atoms with E-state index in [0.29, 0.717) is 5.16 Å². The van der Waals surface area contributed by atoms with Crippen LogP contribution < -0.4 is 0 Å². The molecule has 0 atom stereocenters. The molecule has 0 bridgehead atoms. The highest BCUT2D eigenvalue weighted by molar-refractivity contribution is 7.99. The number of aromatic nitrogens is 4. The van der Waals surface area contributed by atoms with E-state index in [4.69, 9.17) is 5.11 Å². The minimum atomic E-state index is -0.946. The first-order valence-corrected chi connectivity index (χ1v) is 5.22. The third-order valence-corrected chi connectivity index (χ3v) is 2.89. The molecule has 1 heterocycles. The highest BCUT2D eigenvalue weighted by atomic mass is 32.2. The van der Waals surface area contributed by atoms with E-state index >= 15 is 0 Å². The lowest BCUT2D eigenvalue weighted by Crippen LogP contribution is -1.96. The predicted octanol–water partition coefficient (Wildman–Crippen LogP) is 1.06. The van der Waals surface area contributed by atoms with Crippen LogP contribution in [0.4, 0.5) is 0 Å². The minimum Gasteiger partial charge on any atom is -0.478 e. The predicted molar refractivity (Wildman–Crippen MR) is 56.3 cm³/mol. The Balaban J connectivity index is 2.25. The van der Waals surface area contributed by atoms with Crippen molar-refractivity contribution in [2.24, 2.45) is 7.05 Å². The number of aryl methyl sites for hydroxylation is 1. The summed E-state index contributed by atoms with van der Waals surface area (Å²) in [7, 11) is 1.73. The molecule has 0 amide bonds. The summed E-state index contributed by atoms with van der Waals surface area (Å²) in [4.78, 5) is 11.6. The smallest absolute Gasteiger partial charge is 0.335 e. The monoisotopic (exact) mass is 236 g/mol. The molecule has 0 aliphatic carbocycles. The number of hydrogen-bond acceptors (Lipinski definition) is 5. The zero-order valence-corrected chi connectivity index (χ0v) is 9.18. The van der Waals surface area contributed by atoms with Gasteiger partial charge in [0, 0.05) is 11.9 Å². The average Bonchev–Trinajstić information content (AvgIpc) is 2.65. The van der Waals surface area contributed by atoms with Crippen molar-refractivity contribution in [3.63, 3.8) is 0 Å². The maximum absolute atomic E-state index is 10.8. The molecule has 0 spiro atoms. The quantitative estimate of drug-likeness (QED) is 0.858. The third-order valence-electron chi connectivity index (χ3n) is 1.87. The molecule has 1 aromatic heterocycles. The van der Waals surface area contributed by atoms with Crippen molar-refractivity contribution in [3.8, 4) is 0 Å². The summed E-state index contributed by atoms with van der Waals surface area (Å²) >= 11 is 1.32. The van der Waals surface area contributed by atoms with Gasteiger partial charge in [0.1, 0.15) is 0 Å². The highest BCUT2D eigenvalue weighted by Crippen LogP contribution is 2.25. The molecule has 2 rings (SSSR count). The molecule has 2 aromatic rings. The first-order chi connectivity index (χ1) is 7.66. The van der Waals surface area contributed by atoms with Crippen molar-refractivity contribution < 1.29 is 9.90 Å². The second kappa shape index (κ2) is 4.31. The molecule has 7 heteroatoms. The van der Waals surface area contributed by atoms with Gasteiger partial charge >= 0.3 is 5.97 Å². The molecule has 6 nitrogen and oxygen atoms in total. The second-order valence-corrected chi connectivity index (χ2v) is 4.06. The minimum absolute atomic E-state index is 0.250. The molecule has 0 aliphatic heterocycles. The van der Waals surface area contributed by atoms with E-state index in [9.17, 15) is 4.79 Å². The Morgan fingerprint density at radius 1 is 1.50 bits per heavy atom. The summed E-state index contributed by atoms with van der Waals surface area (Å²) in [6.07, 6.45) is 0. The molecule has 1 N–H and O–H groups in total. The number of hydrogen-bond donors (Lipinski definition) is 1. The van der Waals surface area contributed by atoms with Gasteiger partial charge in [0.15, 0.2) is 0 Å². The van der Waals surface area contributed by atoms with Gasteiger partial charge in [-0.15, -0.1) is 5.10 Å². The fourth-order valence-electron chi connectivity index (χ4n) is 1.11. The molecule has 0 aliphatic rings. The van der Waals surface area contributed by atoms with Crippen LogP contribution in [0.1, 0.15) is 10.4 Å². The molecule has 0 unspecified atom stereocenters. The summed E-state index contributed by atoms with van der Waals surface area (Å²) in [6, 6.07) is 6.63. The number of carboxylic acid groups (broad SMARTS) is 1. The largest absolute Gasteiger partial charge is 0.478 e. The van der Waals surface area contributed by atoms with Crippen LogP contribution >= 0.6 is 11.8 Å². The lowest BCUT2D eigenvalue weighted by molar-refractivity contribution is 0.0696. The van der Waals surface area contributed by atoms with Crippen LogP contribution in [0.5, 0.6) is 0 Å². The maximum Gasteiger partial charge on any atom is 0.335 e. The van der Waals surface area contributed by atoms with Crippen LogP contribution in [0.3, 0.4) is 0 Å². The number of aromatic carboxylic acids is 1. The third kappa shape index (κ3) is 2.19. The van der Waals surface area contributed by atoms with Gasteiger partial charge in [-0.2, -0.15) is 0 Å². The standard InChI is InChI=1S/C9H8N4O2S/c1-13-9(10-11-12-13)16-7-4-2-3-6(5-7)8(14)15/h2-5H,1H3,(H,14,15). The molecule has 0 saturated carbocycles. The first-order valence-electron chi connectivity index (χ1n) is 4.40. The molecule has 16 heavy (non-hydrogen) atoms. The summed E-state index contributed by atoms with van der Waals surface area (Å²) in [5.41, 5.74) is 0.250. The van der Waals surface area contributed by atoms with Crippen molar-refractivity contribution in [1.29, 1.82) is 0 Å². The van der Waals surface area contributed by atoms with E-state index in [1.807, 2.05) is 6.07 Å². The average molecular weight is 236 g/mol. The number of benzene rings is 1. The van der Waals surface area contributed by atoms with E-state index in [-0.39, 0.29) is 5.56 Å². The Morgan fingerprint density at radius 3 is 2.94 bits per heavy atom. The van der Waals surface area contributed by atoms with Gasteiger partial charge < -0.3 is 5.11 Å². The number of rotatable bonds is 3. The van der Waals surface area contributed by atoms with Crippen molar-refractivity contribution >= 4 is 17.7 Å². The fourth-order valence-corrected chi connectivity index (χ4v) is 1.90. The normalized spacial score (nSPS) is 10.3. The van der Waals surface area contributed by atoms with Gasteiger partial charge in [0.2, 0.25) is 5.16 Å². The van der Waals surface area contributed by atoms with Gasteiger partial charge in [-0.1, -0.05) is 6.07 Å². The van der Waals surface area contributed by atoms with Crippen molar-refractivity contribution in [2.45, 2.75) is 10.1 Å². The van der Waals surface area contributed by atoms with Gasteiger partial charge in [0.05, 0.1) is 5.56 Å². The molecule has 0 fully saturated rings. The number of carboxylic acids is 1. The SMILES string of the molecule is Cn1nnnc1Sc1cccc(C(=O)O)c1. The van der Waals surface area contributed by atoms with E-state index in [0.717, 1.165) is 4.90 Å². The highest BCUT2D eigenvalue weighted by Gasteiger charge is 2.07. The van der Waals surface area contributed by atoms with Crippen molar-refractivity contribution in [2.75, 3.05) is 0 Å². The van der Waals surface area contributed by atoms with Crippen molar-refractivity contribution in [3.05, 3.63) is 29.8 Å². The van der Waals surface area contributed by atoms with Crippen molar-refractivity contribution in [1.82, 2.24) is 20.2 Å². The van der Waals surface area contributed by atoms with Gasteiger partial charge in [-0.3, -0.25) is 0 Å². The Kier molecular flexibility index (Phi) is 2.86. The Hall–Kier alpha value is -1.89.